The van der Waals surface area contributed by atoms with E-state index in [4.69, 9.17) is 4.74 Å². The number of carbonyl (C=O) groups is 2. The Kier molecular flexibility index (Phi) is 4.17. The topological polar surface area (TPSA) is 81.2 Å². The molecule has 0 atom stereocenters. The van der Waals surface area contributed by atoms with Crippen molar-refractivity contribution in [2.24, 2.45) is 0 Å². The molecular weight excluding hydrogens is 246 g/mol. The molecule has 96 valence electrons. The van der Waals surface area contributed by atoms with E-state index in [2.05, 4.69) is 15.3 Å². The molecule has 6 heteroatoms. The number of rotatable bonds is 4. The van der Waals surface area contributed by atoms with Gasteiger partial charge in [0, 0.05) is 6.20 Å². The van der Waals surface area contributed by atoms with Gasteiger partial charge in [-0.3, -0.25) is 10.1 Å². The van der Waals surface area contributed by atoms with E-state index in [1.165, 1.54) is 12.5 Å². The molecule has 0 saturated heterocycles. The number of ether oxygens (including phenoxy) is 1. The maximum Gasteiger partial charge on any atom is 0.413 e. The van der Waals surface area contributed by atoms with Gasteiger partial charge in [0.15, 0.2) is 6.29 Å². The van der Waals surface area contributed by atoms with Crippen molar-refractivity contribution in [3.05, 3.63) is 54.0 Å². The molecule has 0 spiro atoms. The van der Waals surface area contributed by atoms with Crippen LogP contribution in [0.15, 0.2) is 42.9 Å². The molecule has 19 heavy (non-hydrogen) atoms. The van der Waals surface area contributed by atoms with Crippen LogP contribution in [-0.2, 0) is 11.3 Å². The second-order valence-corrected chi connectivity index (χ2v) is 3.63. The summed E-state index contributed by atoms with van der Waals surface area (Å²) < 4.78 is 5.01. The van der Waals surface area contributed by atoms with E-state index in [0.717, 1.165) is 5.56 Å². The summed E-state index contributed by atoms with van der Waals surface area (Å²) in [5.74, 6) is 0.128. The van der Waals surface area contributed by atoms with E-state index in [-0.39, 0.29) is 18.0 Å². The number of hydrogen-bond acceptors (Lipinski definition) is 5. The van der Waals surface area contributed by atoms with Gasteiger partial charge in [-0.25, -0.2) is 14.8 Å². The number of carbonyl (C=O) groups excluding carboxylic acids is 2. The first-order valence-electron chi connectivity index (χ1n) is 5.52. The van der Waals surface area contributed by atoms with E-state index in [1.54, 1.807) is 0 Å². The predicted molar refractivity (Wildman–Crippen MR) is 67.7 cm³/mol. The fourth-order valence-corrected chi connectivity index (χ4v) is 1.39. The molecule has 0 unspecified atom stereocenters. The Labute approximate surface area is 109 Å². The van der Waals surface area contributed by atoms with Crippen molar-refractivity contribution in [2.45, 2.75) is 6.61 Å². The van der Waals surface area contributed by atoms with Crippen LogP contribution in [0.1, 0.15) is 15.9 Å². The Balaban J connectivity index is 1.93. The minimum Gasteiger partial charge on any atom is -0.444 e. The third-order valence-corrected chi connectivity index (χ3v) is 2.30. The number of anilines is 1. The summed E-state index contributed by atoms with van der Waals surface area (Å²) in [6, 6.07) is 9.27. The first-order chi connectivity index (χ1) is 9.29. The lowest BCUT2D eigenvalue weighted by molar-refractivity contribution is 0.112. The van der Waals surface area contributed by atoms with Crippen LogP contribution in [0, 0.1) is 0 Å². The van der Waals surface area contributed by atoms with Gasteiger partial charge in [-0.15, -0.1) is 0 Å². The standard InChI is InChI=1S/C13H11N3O3/c17-7-11-6-14-9-15-12(11)16-13(18)19-8-10-4-2-1-3-5-10/h1-7,9H,8H2,(H,14,15,16,18). The average Bonchev–Trinajstić information content (AvgIpc) is 2.47. The van der Waals surface area contributed by atoms with Gasteiger partial charge in [0.1, 0.15) is 18.8 Å². The molecule has 1 heterocycles. The maximum atomic E-state index is 11.5. The van der Waals surface area contributed by atoms with Crippen LogP contribution in [-0.4, -0.2) is 22.3 Å². The Morgan fingerprint density at radius 3 is 2.84 bits per heavy atom. The summed E-state index contributed by atoms with van der Waals surface area (Å²) in [7, 11) is 0. The molecular formula is C13H11N3O3. The molecule has 0 aliphatic carbocycles. The SMILES string of the molecule is O=Cc1cncnc1NC(=O)OCc1ccccc1. The number of aldehydes is 1. The predicted octanol–water partition coefficient (Wildman–Crippen LogP) is 2.04. The average molecular weight is 257 g/mol. The fraction of sp³-hybridized carbons (Fsp3) is 0.0769. The summed E-state index contributed by atoms with van der Waals surface area (Å²) >= 11 is 0. The summed E-state index contributed by atoms with van der Waals surface area (Å²) in [5, 5.41) is 2.39. The zero-order valence-corrected chi connectivity index (χ0v) is 9.95. The van der Waals surface area contributed by atoms with Crippen molar-refractivity contribution in [3.63, 3.8) is 0 Å². The molecule has 0 aliphatic rings. The largest absolute Gasteiger partial charge is 0.444 e. The molecule has 1 aromatic heterocycles. The lowest BCUT2D eigenvalue weighted by Crippen LogP contribution is -2.15. The lowest BCUT2D eigenvalue weighted by Gasteiger charge is -2.07. The molecule has 2 rings (SSSR count). The quantitative estimate of drug-likeness (QED) is 0.847. The van der Waals surface area contributed by atoms with Crippen molar-refractivity contribution in [1.29, 1.82) is 0 Å². The van der Waals surface area contributed by atoms with E-state index < -0.39 is 6.09 Å². The summed E-state index contributed by atoms with van der Waals surface area (Å²) in [6.45, 7) is 0.147. The van der Waals surface area contributed by atoms with Crippen LogP contribution >= 0.6 is 0 Å². The highest BCUT2D eigenvalue weighted by atomic mass is 16.5. The van der Waals surface area contributed by atoms with Crippen LogP contribution < -0.4 is 5.32 Å². The fourth-order valence-electron chi connectivity index (χ4n) is 1.39. The molecule has 0 aliphatic heterocycles. The first-order valence-corrected chi connectivity index (χ1v) is 5.52. The van der Waals surface area contributed by atoms with Gasteiger partial charge < -0.3 is 4.74 Å². The molecule has 0 fully saturated rings. The minimum absolute atomic E-state index is 0.128. The molecule has 1 N–H and O–H groups in total. The number of benzene rings is 1. The maximum absolute atomic E-state index is 11.5. The van der Waals surface area contributed by atoms with Gasteiger partial charge in [0.05, 0.1) is 5.56 Å². The highest BCUT2D eigenvalue weighted by Crippen LogP contribution is 2.08. The van der Waals surface area contributed by atoms with Gasteiger partial charge >= 0.3 is 6.09 Å². The van der Waals surface area contributed by atoms with Crippen molar-refractivity contribution in [3.8, 4) is 0 Å². The highest BCUT2D eigenvalue weighted by Gasteiger charge is 2.08. The summed E-state index contributed by atoms with van der Waals surface area (Å²) in [4.78, 5) is 29.7. The van der Waals surface area contributed by atoms with E-state index in [1.807, 2.05) is 30.3 Å². The second-order valence-electron chi connectivity index (χ2n) is 3.63. The van der Waals surface area contributed by atoms with Gasteiger partial charge in [0.2, 0.25) is 0 Å². The summed E-state index contributed by atoms with van der Waals surface area (Å²) in [6.07, 6.45) is 2.44. The molecule has 0 radical (unpaired) electrons. The van der Waals surface area contributed by atoms with Crippen molar-refractivity contribution in [1.82, 2.24) is 9.97 Å². The highest BCUT2D eigenvalue weighted by molar-refractivity contribution is 5.90. The third-order valence-electron chi connectivity index (χ3n) is 2.30. The van der Waals surface area contributed by atoms with E-state index >= 15 is 0 Å². The number of amides is 1. The van der Waals surface area contributed by atoms with Gasteiger partial charge in [-0.2, -0.15) is 0 Å². The van der Waals surface area contributed by atoms with Crippen molar-refractivity contribution >= 4 is 18.2 Å². The number of hydrogen-bond donors (Lipinski definition) is 1. The molecule has 0 saturated carbocycles. The van der Waals surface area contributed by atoms with E-state index in [9.17, 15) is 9.59 Å². The molecule has 0 bridgehead atoms. The zero-order valence-electron chi connectivity index (χ0n) is 9.95. The smallest absolute Gasteiger partial charge is 0.413 e. The van der Waals surface area contributed by atoms with Gasteiger partial charge in [-0.05, 0) is 5.56 Å². The molecule has 6 nitrogen and oxygen atoms in total. The van der Waals surface area contributed by atoms with Gasteiger partial charge in [0.25, 0.3) is 0 Å². The second kappa shape index (κ2) is 6.25. The molecule has 1 aromatic carbocycles. The lowest BCUT2D eigenvalue weighted by atomic mass is 10.2. The Bertz CT molecular complexity index is 572. The van der Waals surface area contributed by atoms with Crippen molar-refractivity contribution < 1.29 is 14.3 Å². The number of nitrogens with zero attached hydrogens (tertiary/aromatic N) is 2. The Morgan fingerprint density at radius 2 is 2.11 bits per heavy atom. The monoisotopic (exact) mass is 257 g/mol. The first kappa shape index (κ1) is 12.7. The summed E-state index contributed by atoms with van der Waals surface area (Å²) in [5.41, 5.74) is 1.06. The molecule has 1 amide bonds. The number of aromatic nitrogens is 2. The molecule has 2 aromatic rings. The normalized spacial score (nSPS) is 9.68. The third kappa shape index (κ3) is 3.60. The Hall–Kier alpha value is -2.76. The van der Waals surface area contributed by atoms with Crippen LogP contribution in [0.2, 0.25) is 0 Å². The minimum atomic E-state index is -0.675. The Morgan fingerprint density at radius 1 is 1.32 bits per heavy atom. The van der Waals surface area contributed by atoms with Crippen LogP contribution in [0.5, 0.6) is 0 Å². The zero-order chi connectivity index (χ0) is 13.5. The van der Waals surface area contributed by atoms with Crippen LogP contribution in [0.3, 0.4) is 0 Å². The van der Waals surface area contributed by atoms with Gasteiger partial charge in [-0.1, -0.05) is 30.3 Å². The number of nitrogens with one attached hydrogen (secondary N) is 1. The van der Waals surface area contributed by atoms with Crippen molar-refractivity contribution in [2.75, 3.05) is 5.32 Å². The van der Waals surface area contributed by atoms with Crippen LogP contribution in [0.25, 0.3) is 0 Å². The van der Waals surface area contributed by atoms with E-state index in [0.29, 0.717) is 6.29 Å². The van der Waals surface area contributed by atoms with Crippen LogP contribution in [0.4, 0.5) is 10.6 Å².